The highest BCUT2D eigenvalue weighted by molar-refractivity contribution is 7.22. The van der Waals surface area contributed by atoms with Gasteiger partial charge in [-0.25, -0.2) is 9.18 Å². The molecular weight excluding hydrogens is 471 g/mol. The molecular formula is C24H25FN6O3S. The van der Waals surface area contributed by atoms with E-state index in [0.717, 1.165) is 32.9 Å². The molecule has 5 N–H and O–H groups in total. The average Bonchev–Trinajstić information content (AvgIpc) is 3.29. The van der Waals surface area contributed by atoms with Crippen molar-refractivity contribution >= 4 is 33.3 Å². The summed E-state index contributed by atoms with van der Waals surface area (Å²) >= 11 is 1.47. The maximum Gasteiger partial charge on any atom is 0.320 e. The molecule has 182 valence electrons. The van der Waals surface area contributed by atoms with E-state index in [-0.39, 0.29) is 18.1 Å². The maximum absolute atomic E-state index is 14.7. The number of ether oxygens (including phenoxy) is 2. The van der Waals surface area contributed by atoms with Gasteiger partial charge in [0.2, 0.25) is 0 Å². The highest BCUT2D eigenvalue weighted by Gasteiger charge is 2.14. The van der Waals surface area contributed by atoms with Crippen LogP contribution in [0.2, 0.25) is 0 Å². The molecule has 4 rings (SSSR count). The molecule has 0 radical (unpaired) electrons. The van der Waals surface area contributed by atoms with E-state index in [1.165, 1.54) is 23.5 Å². The Bertz CT molecular complexity index is 1300. The topological polar surface area (TPSA) is 123 Å². The molecule has 35 heavy (non-hydrogen) atoms. The van der Waals surface area contributed by atoms with Crippen molar-refractivity contribution in [1.29, 1.82) is 0 Å². The Morgan fingerprint density at radius 2 is 2.03 bits per heavy atom. The molecule has 0 bridgehead atoms. The Hall–Kier alpha value is -3.64. The number of thiophene rings is 1. The van der Waals surface area contributed by atoms with Gasteiger partial charge in [-0.3, -0.25) is 9.97 Å². The number of anilines is 1. The molecule has 3 aromatic heterocycles. The zero-order valence-corrected chi connectivity index (χ0v) is 19.8. The van der Waals surface area contributed by atoms with Crippen molar-refractivity contribution in [2.24, 2.45) is 5.73 Å². The predicted octanol–water partition coefficient (Wildman–Crippen LogP) is 4.06. The van der Waals surface area contributed by atoms with E-state index in [2.05, 4.69) is 25.9 Å². The van der Waals surface area contributed by atoms with Crippen LogP contribution in [0.4, 0.5) is 14.9 Å². The second kappa shape index (κ2) is 11.7. The number of methoxy groups -OCH3 is 1. The van der Waals surface area contributed by atoms with Gasteiger partial charge < -0.3 is 31.2 Å². The Labute approximate surface area is 205 Å². The Balaban J connectivity index is 1.50. The number of halogens is 1. The Morgan fingerprint density at radius 3 is 2.77 bits per heavy atom. The standard InChI is InChI=1S/C24H25FN6O3S/c1-33-9-8-27-12-15-2-4-18(29-13-15)22-11-19-23(35-22)21(6-7-28-19)34-20-5-3-16(10-17(20)25)31-24(32)30-14-26/h2-7,10-11,13,27H,8-9,12,14,26H2,1H3,(H2,30,31,32). The SMILES string of the molecule is COCCNCc1ccc(-c2cc3nccc(Oc4ccc(NC(=O)NCN)cc4F)c3s2)nc1. The lowest BCUT2D eigenvalue weighted by molar-refractivity contribution is 0.199. The summed E-state index contributed by atoms with van der Waals surface area (Å²) in [7, 11) is 1.67. The highest BCUT2D eigenvalue weighted by Crippen LogP contribution is 2.39. The van der Waals surface area contributed by atoms with E-state index in [9.17, 15) is 9.18 Å². The summed E-state index contributed by atoms with van der Waals surface area (Å²) in [6.07, 6.45) is 3.45. The van der Waals surface area contributed by atoms with Gasteiger partial charge in [0.25, 0.3) is 0 Å². The summed E-state index contributed by atoms with van der Waals surface area (Å²) in [5.41, 5.74) is 8.16. The molecule has 0 unspecified atom stereocenters. The first-order valence-corrected chi connectivity index (χ1v) is 11.6. The lowest BCUT2D eigenvalue weighted by atomic mass is 10.2. The van der Waals surface area contributed by atoms with Crippen LogP contribution in [-0.4, -0.2) is 42.9 Å². The molecule has 3 heterocycles. The minimum Gasteiger partial charge on any atom is -0.453 e. The third-order valence-electron chi connectivity index (χ3n) is 4.94. The van der Waals surface area contributed by atoms with Crippen LogP contribution in [0.3, 0.4) is 0 Å². The van der Waals surface area contributed by atoms with Crippen LogP contribution in [0.25, 0.3) is 20.8 Å². The number of nitrogens with one attached hydrogen (secondary N) is 3. The largest absolute Gasteiger partial charge is 0.453 e. The van der Waals surface area contributed by atoms with Crippen LogP contribution in [0.5, 0.6) is 11.5 Å². The molecule has 0 atom stereocenters. The van der Waals surface area contributed by atoms with E-state index in [1.807, 2.05) is 24.4 Å². The van der Waals surface area contributed by atoms with E-state index in [0.29, 0.717) is 18.9 Å². The molecule has 4 aromatic rings. The van der Waals surface area contributed by atoms with Crippen LogP contribution >= 0.6 is 11.3 Å². The highest BCUT2D eigenvalue weighted by atomic mass is 32.1. The van der Waals surface area contributed by atoms with Crippen molar-refractivity contribution in [3.63, 3.8) is 0 Å². The first-order valence-electron chi connectivity index (χ1n) is 10.8. The van der Waals surface area contributed by atoms with Crippen molar-refractivity contribution in [1.82, 2.24) is 20.6 Å². The first kappa shape index (κ1) is 24.5. The zero-order valence-electron chi connectivity index (χ0n) is 19.0. The molecule has 0 aliphatic rings. The number of aromatic nitrogens is 2. The van der Waals surface area contributed by atoms with E-state index >= 15 is 0 Å². The van der Waals surface area contributed by atoms with Crippen LogP contribution < -0.4 is 26.4 Å². The smallest absolute Gasteiger partial charge is 0.320 e. The maximum atomic E-state index is 14.7. The molecule has 2 amide bonds. The van der Waals surface area contributed by atoms with Crippen LogP contribution in [0.15, 0.2) is 54.9 Å². The Morgan fingerprint density at radius 1 is 1.14 bits per heavy atom. The third-order valence-corrected chi connectivity index (χ3v) is 6.10. The van der Waals surface area contributed by atoms with Gasteiger partial charge in [-0.05, 0) is 29.8 Å². The first-order chi connectivity index (χ1) is 17.1. The number of fused-ring (bicyclic) bond motifs is 1. The van der Waals surface area contributed by atoms with Crippen molar-refractivity contribution in [3.8, 4) is 22.1 Å². The number of nitrogens with zero attached hydrogens (tertiary/aromatic N) is 2. The molecule has 0 fully saturated rings. The van der Waals surface area contributed by atoms with Gasteiger partial charge in [-0.2, -0.15) is 0 Å². The van der Waals surface area contributed by atoms with Gasteiger partial charge in [-0.15, -0.1) is 11.3 Å². The zero-order chi connectivity index (χ0) is 24.6. The molecule has 0 saturated carbocycles. The van der Waals surface area contributed by atoms with Crippen LogP contribution in [0.1, 0.15) is 5.56 Å². The summed E-state index contributed by atoms with van der Waals surface area (Å²) in [5, 5.41) is 8.16. The van der Waals surface area contributed by atoms with Crippen molar-refractivity contribution in [2.45, 2.75) is 6.54 Å². The fourth-order valence-electron chi connectivity index (χ4n) is 3.25. The minimum absolute atomic E-state index is 0.0257. The normalized spacial score (nSPS) is 10.9. The van der Waals surface area contributed by atoms with Gasteiger partial charge >= 0.3 is 6.03 Å². The second-order valence-electron chi connectivity index (χ2n) is 7.44. The average molecular weight is 497 g/mol. The van der Waals surface area contributed by atoms with Crippen LogP contribution in [-0.2, 0) is 11.3 Å². The van der Waals surface area contributed by atoms with Crippen molar-refractivity contribution in [2.75, 3.05) is 32.2 Å². The molecule has 1 aromatic carbocycles. The summed E-state index contributed by atoms with van der Waals surface area (Å²) < 4.78 is 26.3. The van der Waals surface area contributed by atoms with Crippen LogP contribution in [0, 0.1) is 5.82 Å². The predicted molar refractivity (Wildman–Crippen MR) is 134 cm³/mol. The van der Waals surface area contributed by atoms with E-state index in [1.54, 1.807) is 25.4 Å². The third kappa shape index (κ3) is 6.28. The number of pyridine rings is 2. The number of hydrogen-bond donors (Lipinski definition) is 4. The summed E-state index contributed by atoms with van der Waals surface area (Å²) in [5.74, 6) is -0.111. The quantitative estimate of drug-likeness (QED) is 0.193. The second-order valence-corrected chi connectivity index (χ2v) is 8.49. The number of rotatable bonds is 10. The monoisotopic (exact) mass is 496 g/mol. The lowest BCUT2D eigenvalue weighted by Gasteiger charge is -2.10. The van der Waals surface area contributed by atoms with Crippen molar-refractivity contribution < 1.29 is 18.7 Å². The van der Waals surface area contributed by atoms with Crippen molar-refractivity contribution in [3.05, 3.63) is 66.2 Å². The number of amides is 2. The van der Waals surface area contributed by atoms with Gasteiger partial charge in [0.15, 0.2) is 11.6 Å². The number of hydrogen-bond acceptors (Lipinski definition) is 8. The summed E-state index contributed by atoms with van der Waals surface area (Å²) in [4.78, 5) is 21.5. The number of nitrogens with two attached hydrogens (primary N) is 1. The fourth-order valence-corrected chi connectivity index (χ4v) is 4.29. The van der Waals surface area contributed by atoms with Gasteiger partial charge in [0.05, 0.1) is 34.1 Å². The van der Waals surface area contributed by atoms with Gasteiger partial charge in [0.1, 0.15) is 5.75 Å². The molecule has 0 saturated heterocycles. The summed E-state index contributed by atoms with van der Waals surface area (Å²) in [6.45, 7) is 2.11. The number of carbonyl (C=O) groups excluding carboxylic acids is 1. The molecule has 11 heteroatoms. The summed E-state index contributed by atoms with van der Waals surface area (Å²) in [6, 6.07) is 11.3. The van der Waals surface area contributed by atoms with Gasteiger partial charge in [-0.1, -0.05) is 6.07 Å². The number of urea groups is 1. The molecule has 0 aliphatic heterocycles. The lowest BCUT2D eigenvalue weighted by Crippen LogP contribution is -2.33. The van der Waals surface area contributed by atoms with Gasteiger partial charge in [0, 0.05) is 50.4 Å². The number of carbonyl (C=O) groups is 1. The minimum atomic E-state index is -0.617. The molecule has 9 nitrogen and oxygen atoms in total. The Kier molecular flexibility index (Phi) is 8.16. The molecule has 0 spiro atoms. The molecule has 0 aliphatic carbocycles. The van der Waals surface area contributed by atoms with E-state index < -0.39 is 11.8 Å². The van der Waals surface area contributed by atoms with E-state index in [4.69, 9.17) is 15.2 Å². The fraction of sp³-hybridized carbons (Fsp3) is 0.208. The number of benzene rings is 1.